The first-order valence-electron chi connectivity index (χ1n) is 20.4. The van der Waals surface area contributed by atoms with Crippen LogP contribution in [-0.2, 0) is 14.3 Å². The molecule has 0 saturated heterocycles. The summed E-state index contributed by atoms with van der Waals surface area (Å²) < 4.78 is 6.02. The number of nitrogens with one attached hydrogen (secondary N) is 1. The van der Waals surface area contributed by atoms with Gasteiger partial charge in [0.05, 0.1) is 0 Å². The van der Waals surface area contributed by atoms with Crippen LogP contribution in [0.1, 0.15) is 151 Å². The normalized spacial score (nSPS) is 30.8. The van der Waals surface area contributed by atoms with E-state index in [9.17, 15) is 9.59 Å². The highest BCUT2D eigenvalue weighted by atomic mass is 16.5. The van der Waals surface area contributed by atoms with Crippen molar-refractivity contribution in [2.24, 2.45) is 51.9 Å². The Balaban J connectivity index is 0.00000307. The molecule has 0 spiro atoms. The average Bonchev–Trinajstić information content (AvgIpc) is 3.41. The second-order valence-electron chi connectivity index (χ2n) is 16.4. The van der Waals surface area contributed by atoms with Crippen LogP contribution in [0.3, 0.4) is 0 Å². The Bertz CT molecular complexity index is 1000. The zero-order valence-corrected chi connectivity index (χ0v) is 32.1. The lowest BCUT2D eigenvalue weighted by atomic mass is 9.47. The molecule has 0 aliphatic heterocycles. The number of nitrogens with two attached hydrogens (primary N) is 2. The summed E-state index contributed by atoms with van der Waals surface area (Å²) in [6.07, 6.45) is 21.1. The molecular formula is C41H76N4O3. The van der Waals surface area contributed by atoms with Gasteiger partial charge in [-0.05, 0) is 144 Å². The predicted octanol–water partition coefficient (Wildman–Crippen LogP) is 8.01. The molecule has 0 aromatic rings. The largest absolute Gasteiger partial charge is 0.462 e. The Morgan fingerprint density at radius 3 is 2.38 bits per heavy atom. The molecule has 4 aliphatic rings. The number of hydrogen-bond acceptors (Lipinski definition) is 6. The Labute approximate surface area is 295 Å². The van der Waals surface area contributed by atoms with Crippen molar-refractivity contribution in [2.45, 2.75) is 157 Å². The minimum atomic E-state index is -0.368. The summed E-state index contributed by atoms with van der Waals surface area (Å²) in [5, 5.41) is 3.39. The molecule has 7 atom stereocenters. The van der Waals surface area contributed by atoms with Gasteiger partial charge in [0.15, 0.2) is 0 Å². The van der Waals surface area contributed by atoms with Gasteiger partial charge in [-0.3, -0.25) is 9.59 Å². The van der Waals surface area contributed by atoms with Crippen molar-refractivity contribution in [3.05, 3.63) is 11.6 Å². The van der Waals surface area contributed by atoms with E-state index in [4.69, 9.17) is 16.2 Å². The minimum Gasteiger partial charge on any atom is -0.462 e. The molecule has 0 aromatic heterocycles. The first-order valence-corrected chi connectivity index (χ1v) is 20.4. The quantitative estimate of drug-likeness (QED) is 0.0555. The predicted molar refractivity (Wildman–Crippen MR) is 200 cm³/mol. The first kappa shape index (κ1) is 41.0. The molecule has 0 aromatic carbocycles. The number of allylic oxidation sites excluding steroid dienone is 1. The number of carbonyl (C=O) groups is 2. The number of amides is 1. The SMILES string of the molecule is CC.CC(C)CCCCC1CCC2C3CC=C4CC(OC(=O)CC(=O)N(CCCN)CCCCNCCCN)CCC4(C)C3CCC12C. The number of fused-ring (bicyclic) bond motifs is 5. The van der Waals surface area contributed by atoms with Crippen LogP contribution in [0.2, 0.25) is 0 Å². The van der Waals surface area contributed by atoms with Gasteiger partial charge in [0.25, 0.3) is 0 Å². The highest BCUT2D eigenvalue weighted by Gasteiger charge is 2.58. The molecule has 48 heavy (non-hydrogen) atoms. The summed E-state index contributed by atoms with van der Waals surface area (Å²) in [5.41, 5.74) is 13.6. The third-order valence-electron chi connectivity index (χ3n) is 13.0. The highest BCUT2D eigenvalue weighted by Crippen LogP contribution is 2.66. The van der Waals surface area contributed by atoms with Crippen molar-refractivity contribution in [1.82, 2.24) is 10.2 Å². The molecular weight excluding hydrogens is 596 g/mol. The fraction of sp³-hybridized carbons (Fsp3) is 0.902. The summed E-state index contributed by atoms with van der Waals surface area (Å²) in [5.74, 6) is 3.68. The number of esters is 1. The minimum absolute atomic E-state index is 0.108. The molecule has 7 unspecified atom stereocenters. The van der Waals surface area contributed by atoms with Crippen LogP contribution in [0.15, 0.2) is 11.6 Å². The van der Waals surface area contributed by atoms with Gasteiger partial charge in [-0.2, -0.15) is 0 Å². The number of rotatable bonds is 19. The van der Waals surface area contributed by atoms with Gasteiger partial charge < -0.3 is 26.4 Å². The van der Waals surface area contributed by atoms with E-state index in [1.165, 1.54) is 63.4 Å². The fourth-order valence-corrected chi connectivity index (χ4v) is 10.3. The number of hydrogen-bond donors (Lipinski definition) is 3. The second kappa shape index (κ2) is 20.4. The van der Waals surface area contributed by atoms with Gasteiger partial charge in [0, 0.05) is 19.5 Å². The number of unbranched alkanes of at least 4 members (excludes halogenated alkanes) is 2. The standard InChI is InChI=1S/C39H70N4O3.C2H6/c1-29(2)11-5-6-12-30-14-16-34-33-15-13-31-27-32(17-19-39(31,4)35(33)18-20-38(30,34)3)46-37(45)28-36(44)43(26-10-22-41)25-8-7-23-42-24-9-21-40;1-2/h13,29-30,32-35,42H,5-12,14-28,40-41H2,1-4H3;1-2H3. The van der Waals surface area contributed by atoms with Crippen molar-refractivity contribution < 1.29 is 14.3 Å². The summed E-state index contributed by atoms with van der Waals surface area (Å²) >= 11 is 0. The summed E-state index contributed by atoms with van der Waals surface area (Å²) in [4.78, 5) is 28.0. The molecule has 7 nitrogen and oxygen atoms in total. The van der Waals surface area contributed by atoms with Gasteiger partial charge in [-0.15, -0.1) is 0 Å². The summed E-state index contributed by atoms with van der Waals surface area (Å²) in [6.45, 7) is 18.2. The van der Waals surface area contributed by atoms with Crippen molar-refractivity contribution in [1.29, 1.82) is 0 Å². The van der Waals surface area contributed by atoms with Crippen LogP contribution < -0.4 is 16.8 Å². The molecule has 3 fully saturated rings. The maximum absolute atomic E-state index is 13.1. The van der Waals surface area contributed by atoms with Crippen molar-refractivity contribution >= 4 is 11.9 Å². The van der Waals surface area contributed by atoms with E-state index in [1.807, 2.05) is 18.7 Å². The average molecular weight is 673 g/mol. The Kier molecular flexibility index (Phi) is 17.4. The lowest BCUT2D eigenvalue weighted by Crippen LogP contribution is -2.50. The van der Waals surface area contributed by atoms with Crippen LogP contribution >= 0.6 is 0 Å². The number of carbonyl (C=O) groups excluding carboxylic acids is 2. The van der Waals surface area contributed by atoms with E-state index in [-0.39, 0.29) is 29.8 Å². The summed E-state index contributed by atoms with van der Waals surface area (Å²) in [6, 6.07) is 0. The fourth-order valence-electron chi connectivity index (χ4n) is 10.3. The molecule has 4 aliphatic carbocycles. The van der Waals surface area contributed by atoms with Crippen molar-refractivity contribution in [3.8, 4) is 0 Å². The molecule has 0 bridgehead atoms. The van der Waals surface area contributed by atoms with E-state index in [1.54, 1.807) is 0 Å². The second-order valence-corrected chi connectivity index (χ2v) is 16.4. The highest BCUT2D eigenvalue weighted by molar-refractivity contribution is 5.94. The molecule has 3 saturated carbocycles. The van der Waals surface area contributed by atoms with Crippen LogP contribution in [0.25, 0.3) is 0 Å². The van der Waals surface area contributed by atoms with E-state index in [0.29, 0.717) is 31.6 Å². The van der Waals surface area contributed by atoms with Gasteiger partial charge in [-0.25, -0.2) is 0 Å². The van der Waals surface area contributed by atoms with Crippen LogP contribution in [-0.4, -0.2) is 62.1 Å². The zero-order valence-electron chi connectivity index (χ0n) is 32.1. The topological polar surface area (TPSA) is 111 Å². The Hall–Kier alpha value is -1.44. The Morgan fingerprint density at radius 1 is 0.917 bits per heavy atom. The maximum Gasteiger partial charge on any atom is 0.315 e. The lowest BCUT2D eigenvalue weighted by molar-refractivity contribution is -0.155. The van der Waals surface area contributed by atoms with Gasteiger partial charge in [0.2, 0.25) is 5.91 Å². The smallest absolute Gasteiger partial charge is 0.315 e. The van der Waals surface area contributed by atoms with Gasteiger partial charge in [0.1, 0.15) is 12.5 Å². The van der Waals surface area contributed by atoms with Crippen molar-refractivity contribution in [2.75, 3.05) is 39.3 Å². The molecule has 278 valence electrons. The Morgan fingerprint density at radius 2 is 1.65 bits per heavy atom. The summed E-state index contributed by atoms with van der Waals surface area (Å²) in [7, 11) is 0. The van der Waals surface area contributed by atoms with Gasteiger partial charge >= 0.3 is 5.97 Å². The molecule has 5 N–H and O–H groups in total. The molecule has 0 heterocycles. The molecule has 4 rings (SSSR count). The number of nitrogens with zero attached hydrogens (tertiary/aromatic N) is 1. The molecule has 1 amide bonds. The zero-order chi connectivity index (χ0) is 35.2. The van der Waals surface area contributed by atoms with Gasteiger partial charge in [-0.1, -0.05) is 72.5 Å². The molecule has 0 radical (unpaired) electrons. The molecule has 7 heteroatoms. The first-order chi connectivity index (χ1) is 23.1. The third-order valence-corrected chi connectivity index (χ3v) is 13.0. The van der Waals surface area contributed by atoms with E-state index >= 15 is 0 Å². The lowest BCUT2D eigenvalue weighted by Gasteiger charge is -2.58. The van der Waals surface area contributed by atoms with Crippen LogP contribution in [0.5, 0.6) is 0 Å². The third kappa shape index (κ3) is 10.8. The van der Waals surface area contributed by atoms with E-state index < -0.39 is 0 Å². The maximum atomic E-state index is 13.1. The van der Waals surface area contributed by atoms with Crippen molar-refractivity contribution in [3.63, 3.8) is 0 Å². The van der Waals surface area contributed by atoms with Crippen LogP contribution in [0.4, 0.5) is 0 Å². The van der Waals surface area contributed by atoms with E-state index in [0.717, 1.165) is 87.6 Å². The monoisotopic (exact) mass is 673 g/mol. The van der Waals surface area contributed by atoms with Crippen LogP contribution in [0, 0.1) is 40.4 Å². The van der Waals surface area contributed by atoms with E-state index in [2.05, 4.69) is 39.1 Å². The number of ether oxygens (including phenoxy) is 1.